The molecule has 0 bridgehead atoms. The molecule has 0 saturated carbocycles. The zero-order valence-corrected chi connectivity index (χ0v) is 21.7. The summed E-state index contributed by atoms with van der Waals surface area (Å²) in [6.07, 6.45) is 0.553. The highest BCUT2D eigenvalue weighted by molar-refractivity contribution is 9.10. The van der Waals surface area contributed by atoms with Crippen molar-refractivity contribution in [3.8, 4) is 5.75 Å². The molecule has 0 aromatic heterocycles. The van der Waals surface area contributed by atoms with E-state index in [4.69, 9.17) is 4.74 Å². The molecule has 0 radical (unpaired) electrons. The predicted molar refractivity (Wildman–Crippen MR) is 136 cm³/mol. The second-order valence-electron chi connectivity index (χ2n) is 8.06. The summed E-state index contributed by atoms with van der Waals surface area (Å²) in [5.41, 5.74) is 2.10. The van der Waals surface area contributed by atoms with Crippen LogP contribution in [0.5, 0.6) is 5.75 Å². The molecular weight excluding hydrogens is 488 g/mol. The number of amides is 2. The highest BCUT2D eigenvalue weighted by Gasteiger charge is 2.28. The zero-order chi connectivity index (χ0) is 23.5. The monoisotopic (exact) mass is 520 g/mol. The molecule has 0 unspecified atom stereocenters. The Balaban J connectivity index is 2.13. The fraction of sp³-hybridized carbons (Fsp3) is 0.440. The number of nitrogens with one attached hydrogen (secondary N) is 1. The van der Waals surface area contributed by atoms with Crippen molar-refractivity contribution in [2.45, 2.75) is 45.5 Å². The SMILES string of the molecule is CC[C@@H](C(=O)NCC(C)C)N(Cc1cccc(OC)c1)C(=O)CSCc1ccc(Br)cc1. The molecule has 0 heterocycles. The summed E-state index contributed by atoms with van der Waals surface area (Å²) in [4.78, 5) is 27.9. The molecular formula is C25H33BrN2O3S. The van der Waals surface area contributed by atoms with E-state index in [2.05, 4.69) is 35.1 Å². The van der Waals surface area contributed by atoms with Gasteiger partial charge >= 0.3 is 0 Å². The maximum Gasteiger partial charge on any atom is 0.242 e. The van der Waals surface area contributed by atoms with Gasteiger partial charge in [-0.1, -0.05) is 61.0 Å². The quantitative estimate of drug-likeness (QED) is 0.414. The predicted octanol–water partition coefficient (Wildman–Crippen LogP) is 5.27. The number of carbonyl (C=O) groups excluding carboxylic acids is 2. The van der Waals surface area contributed by atoms with Gasteiger partial charge in [-0.2, -0.15) is 0 Å². The number of methoxy groups -OCH3 is 1. The Labute approximate surface area is 204 Å². The van der Waals surface area contributed by atoms with Crippen molar-refractivity contribution in [2.24, 2.45) is 5.92 Å². The average molecular weight is 522 g/mol. The van der Waals surface area contributed by atoms with E-state index in [1.807, 2.05) is 55.5 Å². The van der Waals surface area contributed by atoms with Crippen molar-refractivity contribution in [1.29, 1.82) is 0 Å². The van der Waals surface area contributed by atoms with Crippen molar-refractivity contribution in [1.82, 2.24) is 10.2 Å². The van der Waals surface area contributed by atoms with Crippen LogP contribution in [0.2, 0.25) is 0 Å². The first-order valence-corrected chi connectivity index (χ1v) is 12.8. The summed E-state index contributed by atoms with van der Waals surface area (Å²) in [5.74, 6) is 1.99. The van der Waals surface area contributed by atoms with Crippen molar-refractivity contribution in [3.05, 3.63) is 64.1 Å². The summed E-state index contributed by atoms with van der Waals surface area (Å²) in [6, 6.07) is 15.2. The number of halogens is 1. The summed E-state index contributed by atoms with van der Waals surface area (Å²) in [7, 11) is 1.62. The molecule has 0 aliphatic carbocycles. The molecule has 1 atom stereocenters. The van der Waals surface area contributed by atoms with Gasteiger partial charge in [0, 0.05) is 23.3 Å². The molecule has 2 aromatic rings. The van der Waals surface area contributed by atoms with Crippen LogP contribution in [0.25, 0.3) is 0 Å². The Morgan fingerprint density at radius 1 is 1.12 bits per heavy atom. The second kappa shape index (κ2) is 13.5. The number of benzene rings is 2. The smallest absolute Gasteiger partial charge is 0.242 e. The van der Waals surface area contributed by atoms with Crippen molar-refractivity contribution < 1.29 is 14.3 Å². The minimum Gasteiger partial charge on any atom is -0.497 e. The summed E-state index contributed by atoms with van der Waals surface area (Å²) >= 11 is 5.00. The van der Waals surface area contributed by atoms with Crippen LogP contribution in [-0.2, 0) is 21.9 Å². The van der Waals surface area contributed by atoms with Crippen molar-refractivity contribution in [2.75, 3.05) is 19.4 Å². The molecule has 5 nitrogen and oxygen atoms in total. The maximum atomic E-state index is 13.3. The van der Waals surface area contributed by atoms with Gasteiger partial charge in [-0.3, -0.25) is 9.59 Å². The molecule has 32 heavy (non-hydrogen) atoms. The number of hydrogen-bond acceptors (Lipinski definition) is 4. The van der Waals surface area contributed by atoms with E-state index in [0.717, 1.165) is 27.1 Å². The Morgan fingerprint density at radius 2 is 1.84 bits per heavy atom. The first-order chi connectivity index (χ1) is 15.3. The van der Waals surface area contributed by atoms with E-state index in [9.17, 15) is 9.59 Å². The van der Waals surface area contributed by atoms with Gasteiger partial charge in [0.25, 0.3) is 0 Å². The second-order valence-corrected chi connectivity index (χ2v) is 9.96. The molecule has 0 aliphatic heterocycles. The lowest BCUT2D eigenvalue weighted by Gasteiger charge is -2.31. The molecule has 0 aliphatic rings. The fourth-order valence-electron chi connectivity index (χ4n) is 3.23. The number of rotatable bonds is 12. The van der Waals surface area contributed by atoms with Crippen LogP contribution in [0.15, 0.2) is 53.0 Å². The Morgan fingerprint density at radius 3 is 2.47 bits per heavy atom. The van der Waals surface area contributed by atoms with Gasteiger partial charge < -0.3 is 15.0 Å². The first-order valence-electron chi connectivity index (χ1n) is 10.9. The van der Waals surface area contributed by atoms with E-state index < -0.39 is 6.04 Å². The topological polar surface area (TPSA) is 58.6 Å². The van der Waals surface area contributed by atoms with E-state index in [1.54, 1.807) is 23.8 Å². The van der Waals surface area contributed by atoms with Crippen molar-refractivity contribution in [3.63, 3.8) is 0 Å². The zero-order valence-electron chi connectivity index (χ0n) is 19.3. The minimum atomic E-state index is -0.513. The van der Waals surface area contributed by atoms with Crippen LogP contribution >= 0.6 is 27.7 Å². The molecule has 7 heteroatoms. The minimum absolute atomic E-state index is 0.0403. The number of carbonyl (C=O) groups is 2. The van der Waals surface area contributed by atoms with Crippen LogP contribution < -0.4 is 10.1 Å². The summed E-state index contributed by atoms with van der Waals surface area (Å²) < 4.78 is 6.36. The molecule has 1 N–H and O–H groups in total. The highest BCUT2D eigenvalue weighted by Crippen LogP contribution is 2.20. The first kappa shape index (κ1) is 26.3. The molecule has 0 saturated heterocycles. The van der Waals surface area contributed by atoms with Gasteiger partial charge in [0.05, 0.1) is 12.9 Å². The third-order valence-electron chi connectivity index (χ3n) is 4.97. The normalized spacial score (nSPS) is 11.8. The molecule has 2 amide bonds. The Bertz CT molecular complexity index is 874. The van der Waals surface area contributed by atoms with Crippen LogP contribution in [0, 0.1) is 5.92 Å². The standard InChI is InChI=1S/C25H33BrN2O3S/c1-5-23(25(30)27-14-18(2)3)28(15-20-7-6-8-22(13-20)31-4)24(29)17-32-16-19-9-11-21(26)12-10-19/h6-13,18,23H,5,14-17H2,1-4H3,(H,27,30)/t23-/m0/s1. The number of hydrogen-bond donors (Lipinski definition) is 1. The van der Waals surface area contributed by atoms with Crippen LogP contribution in [0.4, 0.5) is 0 Å². The van der Waals surface area contributed by atoms with Crippen molar-refractivity contribution >= 4 is 39.5 Å². The van der Waals surface area contributed by atoms with Crippen LogP contribution in [0.3, 0.4) is 0 Å². The van der Waals surface area contributed by atoms with Crippen LogP contribution in [0.1, 0.15) is 38.3 Å². The number of ether oxygens (including phenoxy) is 1. The largest absolute Gasteiger partial charge is 0.497 e. The van der Waals surface area contributed by atoms with E-state index in [1.165, 1.54) is 0 Å². The van der Waals surface area contributed by atoms with Crippen LogP contribution in [-0.4, -0.2) is 42.2 Å². The van der Waals surface area contributed by atoms with Gasteiger partial charge in [0.2, 0.25) is 11.8 Å². The summed E-state index contributed by atoms with van der Waals surface area (Å²) in [6.45, 7) is 7.01. The molecule has 2 aromatic carbocycles. The van der Waals surface area contributed by atoms with E-state index >= 15 is 0 Å². The molecule has 0 spiro atoms. The van der Waals surface area contributed by atoms with Gasteiger partial charge in [0.15, 0.2) is 0 Å². The van der Waals surface area contributed by atoms with Gasteiger partial charge in [-0.05, 0) is 47.7 Å². The van der Waals surface area contributed by atoms with E-state index in [0.29, 0.717) is 31.2 Å². The third kappa shape index (κ3) is 8.51. The maximum absolute atomic E-state index is 13.3. The lowest BCUT2D eigenvalue weighted by Crippen LogP contribution is -2.50. The van der Waals surface area contributed by atoms with Gasteiger partial charge in [-0.15, -0.1) is 11.8 Å². The van der Waals surface area contributed by atoms with Gasteiger partial charge in [0.1, 0.15) is 11.8 Å². The molecule has 2 rings (SSSR count). The number of thioether (sulfide) groups is 1. The third-order valence-corrected chi connectivity index (χ3v) is 6.48. The average Bonchev–Trinajstić information content (AvgIpc) is 2.78. The fourth-order valence-corrected chi connectivity index (χ4v) is 4.36. The molecule has 174 valence electrons. The number of nitrogens with zero attached hydrogens (tertiary/aromatic N) is 1. The Hall–Kier alpha value is -1.99. The molecule has 0 fully saturated rings. The van der Waals surface area contributed by atoms with E-state index in [-0.39, 0.29) is 11.8 Å². The van der Waals surface area contributed by atoms with Gasteiger partial charge in [-0.25, -0.2) is 0 Å². The lowest BCUT2D eigenvalue weighted by atomic mass is 10.1. The Kier molecular flexibility index (Phi) is 11.1. The highest BCUT2D eigenvalue weighted by atomic mass is 79.9. The summed E-state index contributed by atoms with van der Waals surface area (Å²) in [5, 5.41) is 3.00. The lowest BCUT2D eigenvalue weighted by molar-refractivity contribution is -0.139.